The molecule has 0 unspecified atom stereocenters. The van der Waals surface area contributed by atoms with Crippen molar-refractivity contribution in [2.75, 3.05) is 6.54 Å². The normalized spacial score (nSPS) is 11.1. The number of rotatable bonds is 4. The van der Waals surface area contributed by atoms with Gasteiger partial charge in [0.05, 0.1) is 12.7 Å². The summed E-state index contributed by atoms with van der Waals surface area (Å²) < 4.78 is 4.83. The average Bonchev–Trinajstić information content (AvgIpc) is 2.73. The van der Waals surface area contributed by atoms with E-state index in [1.54, 1.807) is 26.8 Å². The van der Waals surface area contributed by atoms with E-state index in [9.17, 15) is 9.59 Å². The van der Waals surface area contributed by atoms with Crippen LogP contribution in [0.25, 0.3) is 0 Å². The fraction of sp³-hybridized carbons (Fsp3) is 0.545. The first-order valence-corrected chi connectivity index (χ1v) is 5.47. The van der Waals surface area contributed by atoms with Crippen LogP contribution in [0.1, 0.15) is 26.5 Å². The van der Waals surface area contributed by atoms with E-state index < -0.39 is 17.5 Å². The first kappa shape index (κ1) is 14.0. The number of aliphatic carboxylic acids is 1. The Morgan fingerprint density at radius 2 is 2.17 bits per heavy atom. The molecule has 1 aromatic rings. The average molecular weight is 255 g/mol. The van der Waals surface area contributed by atoms with E-state index in [1.807, 2.05) is 0 Å². The molecule has 2 amide bonds. The quantitative estimate of drug-likeness (QED) is 0.839. The molecule has 0 aliphatic rings. The lowest BCUT2D eigenvalue weighted by molar-refractivity contribution is -0.138. The molecular formula is C11H17N3O4. The van der Waals surface area contributed by atoms with Crippen LogP contribution in [-0.2, 0) is 11.3 Å². The minimum Gasteiger partial charge on any atom is -0.480 e. The van der Waals surface area contributed by atoms with Crippen LogP contribution in [0, 0.1) is 0 Å². The highest BCUT2D eigenvalue weighted by molar-refractivity contribution is 5.80. The summed E-state index contributed by atoms with van der Waals surface area (Å²) in [6.07, 6.45) is 1.47. The summed E-state index contributed by atoms with van der Waals surface area (Å²) in [5, 5.41) is 14.9. The minimum absolute atomic E-state index is 0.172. The summed E-state index contributed by atoms with van der Waals surface area (Å²) in [6.45, 7) is 5.12. The number of hydrogen-bond donors (Lipinski definition) is 2. The van der Waals surface area contributed by atoms with Gasteiger partial charge in [0.25, 0.3) is 0 Å². The molecule has 0 saturated carbocycles. The Bertz CT molecular complexity index is 408. The molecule has 1 aromatic heterocycles. The smallest absolute Gasteiger partial charge is 0.323 e. The van der Waals surface area contributed by atoms with E-state index in [1.165, 1.54) is 11.1 Å². The topological polar surface area (TPSA) is 95.7 Å². The molecule has 0 atom stereocenters. The number of nitrogens with zero attached hydrogens (tertiary/aromatic N) is 2. The van der Waals surface area contributed by atoms with Crippen molar-refractivity contribution in [3.05, 3.63) is 18.0 Å². The second-order valence-corrected chi connectivity index (χ2v) is 4.79. The minimum atomic E-state index is -1.06. The predicted molar refractivity (Wildman–Crippen MR) is 62.8 cm³/mol. The second kappa shape index (κ2) is 5.52. The molecule has 0 saturated heterocycles. The van der Waals surface area contributed by atoms with Gasteiger partial charge in [0.1, 0.15) is 6.54 Å². The molecule has 0 radical (unpaired) electrons. The van der Waals surface area contributed by atoms with Gasteiger partial charge in [0.15, 0.2) is 5.76 Å². The Morgan fingerprint density at radius 3 is 2.61 bits per heavy atom. The lowest BCUT2D eigenvalue weighted by Gasteiger charge is -2.34. The van der Waals surface area contributed by atoms with Crippen LogP contribution in [0.15, 0.2) is 16.8 Å². The van der Waals surface area contributed by atoms with Crippen molar-refractivity contribution in [2.24, 2.45) is 0 Å². The van der Waals surface area contributed by atoms with Crippen LogP contribution in [0.4, 0.5) is 4.79 Å². The summed E-state index contributed by atoms with van der Waals surface area (Å²) in [5.74, 6) is -0.549. The number of carboxylic acids is 1. The van der Waals surface area contributed by atoms with Crippen LogP contribution in [0.3, 0.4) is 0 Å². The third-order valence-corrected chi connectivity index (χ3v) is 2.25. The molecule has 0 bridgehead atoms. The third-order valence-electron chi connectivity index (χ3n) is 2.25. The lowest BCUT2D eigenvalue weighted by atomic mass is 10.1. The summed E-state index contributed by atoms with van der Waals surface area (Å²) >= 11 is 0. The van der Waals surface area contributed by atoms with Gasteiger partial charge in [-0.05, 0) is 20.8 Å². The zero-order chi connectivity index (χ0) is 13.8. The highest BCUT2D eigenvalue weighted by Gasteiger charge is 2.28. The molecule has 18 heavy (non-hydrogen) atoms. The summed E-state index contributed by atoms with van der Waals surface area (Å²) in [6, 6.07) is 1.17. The molecule has 0 aliphatic carbocycles. The van der Waals surface area contributed by atoms with E-state index in [2.05, 4.69) is 10.5 Å². The van der Waals surface area contributed by atoms with Crippen LogP contribution in [0.5, 0.6) is 0 Å². The van der Waals surface area contributed by atoms with E-state index in [0.29, 0.717) is 5.76 Å². The Balaban J connectivity index is 2.62. The first-order chi connectivity index (χ1) is 8.30. The van der Waals surface area contributed by atoms with Crippen molar-refractivity contribution in [1.29, 1.82) is 0 Å². The van der Waals surface area contributed by atoms with Crippen molar-refractivity contribution in [3.63, 3.8) is 0 Å². The fourth-order valence-electron chi connectivity index (χ4n) is 1.34. The van der Waals surface area contributed by atoms with Crippen molar-refractivity contribution in [2.45, 2.75) is 32.9 Å². The maximum Gasteiger partial charge on any atom is 0.323 e. The summed E-state index contributed by atoms with van der Waals surface area (Å²) in [7, 11) is 0. The summed E-state index contributed by atoms with van der Waals surface area (Å²) in [5.41, 5.74) is -0.579. The maximum absolute atomic E-state index is 11.9. The number of carboxylic acid groups (broad SMARTS) is 1. The van der Waals surface area contributed by atoms with Gasteiger partial charge in [-0.25, -0.2) is 4.79 Å². The Morgan fingerprint density at radius 1 is 1.50 bits per heavy atom. The van der Waals surface area contributed by atoms with Gasteiger partial charge >= 0.3 is 12.0 Å². The third kappa shape index (κ3) is 4.08. The van der Waals surface area contributed by atoms with Crippen LogP contribution in [-0.4, -0.2) is 39.2 Å². The van der Waals surface area contributed by atoms with E-state index in [-0.39, 0.29) is 13.1 Å². The van der Waals surface area contributed by atoms with E-state index >= 15 is 0 Å². The molecule has 0 spiro atoms. The highest BCUT2D eigenvalue weighted by Crippen LogP contribution is 2.13. The molecule has 1 rings (SSSR count). The van der Waals surface area contributed by atoms with Crippen LogP contribution >= 0.6 is 0 Å². The molecule has 7 nitrogen and oxygen atoms in total. The van der Waals surface area contributed by atoms with E-state index in [4.69, 9.17) is 9.63 Å². The molecule has 100 valence electrons. The standard InChI is InChI=1S/C11H17N3O4/c1-11(2,3)14(7-9(15)16)10(17)12-6-8-4-5-13-18-8/h4-5H,6-7H2,1-3H3,(H,12,17)(H,15,16). The number of carbonyl (C=O) groups is 2. The highest BCUT2D eigenvalue weighted by atomic mass is 16.5. The van der Waals surface area contributed by atoms with Gasteiger partial charge in [0.2, 0.25) is 0 Å². The first-order valence-electron chi connectivity index (χ1n) is 5.47. The number of urea groups is 1. The Labute approximate surface area is 105 Å². The molecular weight excluding hydrogens is 238 g/mol. The van der Waals surface area contributed by atoms with Gasteiger partial charge in [-0.15, -0.1) is 0 Å². The molecule has 2 N–H and O–H groups in total. The summed E-state index contributed by atoms with van der Waals surface area (Å²) in [4.78, 5) is 23.9. The van der Waals surface area contributed by atoms with Gasteiger partial charge in [-0.1, -0.05) is 5.16 Å². The monoisotopic (exact) mass is 255 g/mol. The molecule has 1 heterocycles. The van der Waals surface area contributed by atoms with Gasteiger partial charge in [0, 0.05) is 11.6 Å². The zero-order valence-corrected chi connectivity index (χ0v) is 10.6. The number of carbonyl (C=O) groups excluding carboxylic acids is 1. The van der Waals surface area contributed by atoms with Gasteiger partial charge in [-0.2, -0.15) is 0 Å². The van der Waals surface area contributed by atoms with E-state index in [0.717, 1.165) is 0 Å². The SMILES string of the molecule is CC(C)(C)N(CC(=O)O)C(=O)NCc1ccno1. The van der Waals surface area contributed by atoms with Crippen LogP contribution in [0.2, 0.25) is 0 Å². The number of nitrogens with one attached hydrogen (secondary N) is 1. The number of hydrogen-bond acceptors (Lipinski definition) is 4. The van der Waals surface area contributed by atoms with Crippen molar-refractivity contribution in [1.82, 2.24) is 15.4 Å². The fourth-order valence-corrected chi connectivity index (χ4v) is 1.34. The molecule has 0 fully saturated rings. The second-order valence-electron chi connectivity index (χ2n) is 4.79. The Hall–Kier alpha value is -2.05. The van der Waals surface area contributed by atoms with Crippen molar-refractivity contribution in [3.8, 4) is 0 Å². The predicted octanol–water partition coefficient (Wildman–Crippen LogP) is 1.07. The number of amides is 2. The molecule has 0 aliphatic heterocycles. The Kier molecular flexibility index (Phi) is 4.30. The van der Waals surface area contributed by atoms with Gasteiger partial charge in [-0.3, -0.25) is 4.79 Å². The van der Waals surface area contributed by atoms with Crippen molar-refractivity contribution < 1.29 is 19.2 Å². The molecule has 0 aromatic carbocycles. The van der Waals surface area contributed by atoms with Crippen molar-refractivity contribution >= 4 is 12.0 Å². The van der Waals surface area contributed by atoms with Crippen LogP contribution < -0.4 is 5.32 Å². The molecule has 7 heteroatoms. The largest absolute Gasteiger partial charge is 0.480 e. The zero-order valence-electron chi connectivity index (χ0n) is 10.6. The maximum atomic E-state index is 11.9. The number of aromatic nitrogens is 1. The lowest BCUT2D eigenvalue weighted by Crippen LogP contribution is -2.52. The van der Waals surface area contributed by atoms with Gasteiger partial charge < -0.3 is 19.8 Å².